The zero-order valence-electron chi connectivity index (χ0n) is 13.4. The number of hydrogen-bond donors (Lipinski definition) is 3. The molecule has 1 aromatic carbocycles. The van der Waals surface area contributed by atoms with Crippen molar-refractivity contribution in [2.45, 2.75) is 51.6 Å². The Labute approximate surface area is 128 Å². The maximum Gasteiger partial charge on any atom is 0.185 e. The van der Waals surface area contributed by atoms with E-state index >= 15 is 0 Å². The summed E-state index contributed by atoms with van der Waals surface area (Å²) in [7, 11) is 0. The highest BCUT2D eigenvalue weighted by atomic mass is 15.2. The van der Waals surface area contributed by atoms with Gasteiger partial charge in [-0.3, -0.25) is 10.3 Å². The molecule has 4 heteroatoms. The van der Waals surface area contributed by atoms with Gasteiger partial charge in [-0.15, -0.1) is 0 Å². The summed E-state index contributed by atoms with van der Waals surface area (Å²) >= 11 is 0. The molecule has 0 aliphatic carbocycles. The summed E-state index contributed by atoms with van der Waals surface area (Å²) in [6, 6.07) is 9.36. The fraction of sp³-hybridized carbons (Fsp3) is 0.588. The molecule has 4 N–H and O–H groups in total. The normalized spacial score (nSPS) is 17.7. The van der Waals surface area contributed by atoms with Crippen molar-refractivity contribution in [1.82, 2.24) is 10.2 Å². The summed E-state index contributed by atoms with van der Waals surface area (Å²) in [6.07, 6.45) is 2.11. The molecule has 21 heavy (non-hydrogen) atoms. The van der Waals surface area contributed by atoms with Crippen molar-refractivity contribution < 1.29 is 0 Å². The van der Waals surface area contributed by atoms with Crippen molar-refractivity contribution in [1.29, 1.82) is 5.41 Å². The van der Waals surface area contributed by atoms with E-state index in [9.17, 15) is 0 Å². The number of guanidine groups is 1. The maximum atomic E-state index is 7.28. The summed E-state index contributed by atoms with van der Waals surface area (Å²) in [5.41, 5.74) is 8.37. The fourth-order valence-electron chi connectivity index (χ4n) is 2.82. The van der Waals surface area contributed by atoms with Crippen LogP contribution in [0.5, 0.6) is 0 Å². The highest BCUT2D eigenvalue weighted by Crippen LogP contribution is 2.23. The number of nitrogens with two attached hydrogens (primary N) is 1. The van der Waals surface area contributed by atoms with Gasteiger partial charge in [-0.25, -0.2) is 0 Å². The first-order chi connectivity index (χ1) is 9.84. The Bertz CT molecular complexity index is 465. The molecule has 1 aliphatic rings. The topological polar surface area (TPSA) is 65.1 Å². The lowest BCUT2D eigenvalue weighted by Gasteiger charge is -2.32. The molecule has 0 saturated carbocycles. The van der Waals surface area contributed by atoms with Crippen LogP contribution in [-0.2, 0) is 12.0 Å². The Balaban J connectivity index is 1.85. The molecule has 0 atom stereocenters. The van der Waals surface area contributed by atoms with Gasteiger partial charge < -0.3 is 11.1 Å². The van der Waals surface area contributed by atoms with Crippen LogP contribution in [0.25, 0.3) is 0 Å². The van der Waals surface area contributed by atoms with Gasteiger partial charge in [-0.05, 0) is 29.4 Å². The second-order valence-electron chi connectivity index (χ2n) is 7.06. The molecule has 0 radical (unpaired) electrons. The molecule has 1 aliphatic heterocycles. The van der Waals surface area contributed by atoms with E-state index in [1.807, 2.05) is 0 Å². The summed E-state index contributed by atoms with van der Waals surface area (Å²) < 4.78 is 0. The van der Waals surface area contributed by atoms with Crippen LogP contribution in [0.3, 0.4) is 0 Å². The number of likely N-dealkylation sites (tertiary alicyclic amines) is 1. The van der Waals surface area contributed by atoms with Crippen LogP contribution in [0.15, 0.2) is 24.3 Å². The summed E-state index contributed by atoms with van der Waals surface area (Å²) in [5, 5.41) is 10.3. The van der Waals surface area contributed by atoms with Crippen LogP contribution in [0.1, 0.15) is 44.7 Å². The second-order valence-corrected chi connectivity index (χ2v) is 7.06. The van der Waals surface area contributed by atoms with Gasteiger partial charge in [0.05, 0.1) is 0 Å². The average molecular weight is 288 g/mol. The molecule has 0 unspecified atom stereocenters. The van der Waals surface area contributed by atoms with Crippen LogP contribution in [0.2, 0.25) is 0 Å². The molecule has 2 rings (SSSR count). The number of nitrogens with one attached hydrogen (secondary N) is 2. The molecular formula is C17H28N4. The van der Waals surface area contributed by atoms with E-state index in [-0.39, 0.29) is 11.4 Å². The minimum atomic E-state index is 0.0891. The van der Waals surface area contributed by atoms with Crippen LogP contribution >= 0.6 is 0 Å². The number of hydrogen-bond acceptors (Lipinski definition) is 2. The van der Waals surface area contributed by atoms with Crippen LogP contribution < -0.4 is 11.1 Å². The van der Waals surface area contributed by atoms with E-state index in [1.165, 1.54) is 11.1 Å². The minimum Gasteiger partial charge on any atom is -0.370 e. The zero-order chi connectivity index (χ0) is 15.5. The second kappa shape index (κ2) is 6.48. The number of piperidine rings is 1. The number of benzene rings is 1. The molecule has 0 amide bonds. The Morgan fingerprint density at radius 2 is 1.81 bits per heavy atom. The monoisotopic (exact) mass is 288 g/mol. The van der Waals surface area contributed by atoms with E-state index < -0.39 is 0 Å². The van der Waals surface area contributed by atoms with Gasteiger partial charge in [0.2, 0.25) is 0 Å². The zero-order valence-corrected chi connectivity index (χ0v) is 13.4. The largest absolute Gasteiger partial charge is 0.370 e. The van der Waals surface area contributed by atoms with Crippen molar-refractivity contribution >= 4 is 5.96 Å². The van der Waals surface area contributed by atoms with Crippen LogP contribution in [0, 0.1) is 5.41 Å². The fourth-order valence-corrected chi connectivity index (χ4v) is 2.82. The Morgan fingerprint density at radius 3 is 2.29 bits per heavy atom. The molecule has 0 spiro atoms. The summed E-state index contributed by atoms with van der Waals surface area (Å²) in [6.45, 7) is 9.87. The highest BCUT2D eigenvalue weighted by Gasteiger charge is 2.19. The predicted molar refractivity (Wildman–Crippen MR) is 88.5 cm³/mol. The Morgan fingerprint density at radius 1 is 1.24 bits per heavy atom. The van der Waals surface area contributed by atoms with Crippen molar-refractivity contribution in [2.24, 2.45) is 5.73 Å². The predicted octanol–water partition coefficient (Wildman–Crippen LogP) is 2.43. The first-order valence-electron chi connectivity index (χ1n) is 7.77. The molecular weight excluding hydrogens is 260 g/mol. The lowest BCUT2D eigenvalue weighted by atomic mass is 9.86. The van der Waals surface area contributed by atoms with Gasteiger partial charge in [0, 0.05) is 25.7 Å². The molecule has 0 aromatic heterocycles. The van der Waals surface area contributed by atoms with Crippen molar-refractivity contribution in [3.05, 3.63) is 35.4 Å². The van der Waals surface area contributed by atoms with Crippen LogP contribution in [-0.4, -0.2) is 30.0 Å². The van der Waals surface area contributed by atoms with Crippen molar-refractivity contribution in [2.75, 3.05) is 13.1 Å². The van der Waals surface area contributed by atoms with Gasteiger partial charge in [0.1, 0.15) is 0 Å². The van der Waals surface area contributed by atoms with Gasteiger partial charge in [0.15, 0.2) is 5.96 Å². The van der Waals surface area contributed by atoms with E-state index in [4.69, 9.17) is 11.1 Å². The molecule has 0 bridgehead atoms. The van der Waals surface area contributed by atoms with Crippen molar-refractivity contribution in [3.63, 3.8) is 0 Å². The average Bonchev–Trinajstić information content (AvgIpc) is 2.40. The first-order valence-corrected chi connectivity index (χ1v) is 7.77. The molecule has 1 heterocycles. The molecule has 1 fully saturated rings. The van der Waals surface area contributed by atoms with Crippen molar-refractivity contribution in [3.8, 4) is 0 Å². The van der Waals surface area contributed by atoms with Crippen LogP contribution in [0.4, 0.5) is 0 Å². The smallest absolute Gasteiger partial charge is 0.185 e. The summed E-state index contributed by atoms with van der Waals surface area (Å²) in [4.78, 5) is 2.48. The van der Waals surface area contributed by atoms with Gasteiger partial charge in [0.25, 0.3) is 0 Å². The third-order valence-electron chi connectivity index (χ3n) is 4.17. The van der Waals surface area contributed by atoms with E-state index in [0.29, 0.717) is 6.04 Å². The minimum absolute atomic E-state index is 0.0891. The Hall–Kier alpha value is -1.55. The number of rotatable bonds is 3. The van der Waals surface area contributed by atoms with E-state index in [0.717, 1.165) is 32.5 Å². The third kappa shape index (κ3) is 4.74. The first kappa shape index (κ1) is 15.8. The van der Waals surface area contributed by atoms with E-state index in [2.05, 4.69) is 55.3 Å². The SMILES string of the molecule is CC(C)(C)c1ccc(CN2CCC(NC(=N)N)CC2)cc1. The third-order valence-corrected chi connectivity index (χ3v) is 4.17. The van der Waals surface area contributed by atoms with Gasteiger partial charge >= 0.3 is 0 Å². The standard InChI is InChI=1S/C17H28N4/c1-17(2,3)14-6-4-13(5-7-14)12-21-10-8-15(9-11-21)20-16(18)19/h4-7,15H,8-12H2,1-3H3,(H4,18,19,20). The number of nitrogens with zero attached hydrogens (tertiary/aromatic N) is 1. The quantitative estimate of drug-likeness (QED) is 0.591. The van der Waals surface area contributed by atoms with Gasteiger partial charge in [-0.2, -0.15) is 0 Å². The summed E-state index contributed by atoms with van der Waals surface area (Å²) in [5.74, 6) is 0.0891. The maximum absolute atomic E-state index is 7.28. The lowest BCUT2D eigenvalue weighted by Crippen LogP contribution is -2.46. The molecule has 4 nitrogen and oxygen atoms in total. The Kier molecular flexibility index (Phi) is 4.88. The highest BCUT2D eigenvalue weighted by molar-refractivity contribution is 5.74. The molecule has 1 saturated heterocycles. The van der Waals surface area contributed by atoms with E-state index in [1.54, 1.807) is 0 Å². The molecule has 116 valence electrons. The van der Waals surface area contributed by atoms with Gasteiger partial charge in [-0.1, -0.05) is 45.0 Å². The lowest BCUT2D eigenvalue weighted by molar-refractivity contribution is 0.198. The molecule has 1 aromatic rings.